The first kappa shape index (κ1) is 34.1. The van der Waals surface area contributed by atoms with Crippen molar-refractivity contribution in [2.45, 2.75) is 84.1 Å². The van der Waals surface area contributed by atoms with Gasteiger partial charge in [0.05, 0.1) is 10.0 Å². The molecule has 240 valence electrons. The Morgan fingerprint density at radius 2 is 1.68 bits per heavy atom. The van der Waals surface area contributed by atoms with Crippen molar-refractivity contribution < 1.29 is 33.7 Å². The normalized spacial score (nSPS) is 20.7. The highest BCUT2D eigenvalue weighted by atomic mass is 79.9. The number of imide groups is 1. The maximum absolute atomic E-state index is 13.7. The van der Waals surface area contributed by atoms with Crippen LogP contribution in [0.15, 0.2) is 28.7 Å². The van der Waals surface area contributed by atoms with E-state index in [1.807, 2.05) is 13.8 Å². The van der Waals surface area contributed by atoms with Gasteiger partial charge in [0.15, 0.2) is 0 Å². The summed E-state index contributed by atoms with van der Waals surface area (Å²) in [5.41, 5.74) is 0.265. The molecule has 4 N–H and O–H groups in total. The topological polar surface area (TPSA) is 153 Å². The number of amides is 4. The molecule has 0 aromatic heterocycles. The molecule has 2 aliphatic heterocycles. The zero-order chi connectivity index (χ0) is 32.0. The van der Waals surface area contributed by atoms with Crippen molar-refractivity contribution in [1.29, 1.82) is 0 Å². The Labute approximate surface area is 266 Å². The SMILES string of the molecule is CC(C)CC(CP(=O)(O)CN1C(=O)c2cccc3c(O)c(Br)cc(c23)C1=O)C(=O)NC1CCCCCCCCCCNC1=O. The van der Waals surface area contributed by atoms with Crippen molar-refractivity contribution in [2.24, 2.45) is 11.8 Å². The van der Waals surface area contributed by atoms with Gasteiger partial charge in [0.2, 0.25) is 19.2 Å². The van der Waals surface area contributed by atoms with Gasteiger partial charge < -0.3 is 20.6 Å². The second kappa shape index (κ2) is 15.0. The van der Waals surface area contributed by atoms with Crippen LogP contribution in [0.25, 0.3) is 10.8 Å². The number of halogens is 1. The number of hydrogen-bond acceptors (Lipinski definition) is 6. The Hall–Kier alpha value is -2.75. The van der Waals surface area contributed by atoms with Crippen LogP contribution in [0, 0.1) is 11.8 Å². The van der Waals surface area contributed by atoms with Gasteiger partial charge in [-0.3, -0.25) is 28.6 Å². The molecular formula is C32H43BrN3O7P. The summed E-state index contributed by atoms with van der Waals surface area (Å²) in [4.78, 5) is 65.4. The monoisotopic (exact) mass is 691 g/mol. The minimum atomic E-state index is -4.26. The fourth-order valence-corrected chi connectivity index (χ4v) is 8.44. The Bertz CT molecular complexity index is 1460. The third-order valence-electron chi connectivity index (χ3n) is 8.38. The highest BCUT2D eigenvalue weighted by Gasteiger charge is 2.40. The molecule has 2 heterocycles. The highest BCUT2D eigenvalue weighted by molar-refractivity contribution is 9.10. The van der Waals surface area contributed by atoms with Crippen molar-refractivity contribution in [2.75, 3.05) is 19.0 Å². The number of benzene rings is 2. The Morgan fingerprint density at radius 1 is 1.05 bits per heavy atom. The number of rotatable bonds is 8. The van der Waals surface area contributed by atoms with Crippen LogP contribution in [-0.2, 0) is 14.2 Å². The van der Waals surface area contributed by atoms with Gasteiger partial charge in [-0.2, -0.15) is 0 Å². The average Bonchev–Trinajstić information content (AvgIpc) is 2.98. The Kier molecular flexibility index (Phi) is 11.7. The molecule has 0 radical (unpaired) electrons. The number of carbonyl (C=O) groups excluding carboxylic acids is 4. The molecule has 2 aromatic carbocycles. The van der Waals surface area contributed by atoms with Crippen LogP contribution in [0.3, 0.4) is 0 Å². The molecule has 44 heavy (non-hydrogen) atoms. The van der Waals surface area contributed by atoms with E-state index in [-0.39, 0.29) is 38.6 Å². The summed E-state index contributed by atoms with van der Waals surface area (Å²) in [5, 5.41) is 16.9. The minimum absolute atomic E-state index is 0.00685. The van der Waals surface area contributed by atoms with Gasteiger partial charge in [-0.25, -0.2) is 0 Å². The second-order valence-corrected chi connectivity index (χ2v) is 15.7. The number of phenolic OH excluding ortho intramolecular Hbond substituents is 1. The van der Waals surface area contributed by atoms with Crippen LogP contribution in [0.2, 0.25) is 0 Å². The van der Waals surface area contributed by atoms with E-state index in [0.29, 0.717) is 24.8 Å². The molecule has 2 aliphatic rings. The summed E-state index contributed by atoms with van der Waals surface area (Å²) in [6.45, 7) is 4.34. The maximum atomic E-state index is 13.7. The summed E-state index contributed by atoms with van der Waals surface area (Å²) < 4.78 is 13.9. The number of nitrogens with one attached hydrogen (secondary N) is 2. The van der Waals surface area contributed by atoms with Crippen LogP contribution in [0.5, 0.6) is 5.75 Å². The second-order valence-electron chi connectivity index (χ2n) is 12.5. The lowest BCUT2D eigenvalue weighted by molar-refractivity contribution is -0.131. The standard InChI is InChI=1S/C32H43BrN3O7P/c1-20(2)16-21(29(38)35-26-14-9-7-5-3-4-6-8-10-15-34-30(26)39)18-44(42,43)19-36-31(40)23-13-11-12-22-27(23)24(32(36)41)17-25(33)28(22)37/h11-13,17,20-21,26,37H,3-10,14-16,18-19H2,1-2H3,(H,34,39)(H,35,38)(H,42,43). The van der Waals surface area contributed by atoms with Gasteiger partial charge >= 0.3 is 0 Å². The molecule has 4 rings (SSSR count). The molecule has 1 saturated heterocycles. The summed E-state index contributed by atoms with van der Waals surface area (Å²) >= 11 is 3.24. The lowest BCUT2D eigenvalue weighted by Gasteiger charge is -2.30. The molecule has 12 heteroatoms. The van der Waals surface area contributed by atoms with Crippen molar-refractivity contribution in [1.82, 2.24) is 15.5 Å². The molecule has 0 saturated carbocycles. The fraction of sp³-hybridized carbons (Fsp3) is 0.562. The zero-order valence-electron chi connectivity index (χ0n) is 25.4. The summed E-state index contributed by atoms with van der Waals surface area (Å²) in [6, 6.07) is 5.33. The summed E-state index contributed by atoms with van der Waals surface area (Å²) in [7, 11) is -4.26. The van der Waals surface area contributed by atoms with Crippen molar-refractivity contribution in [3.8, 4) is 5.75 Å². The van der Waals surface area contributed by atoms with Crippen LogP contribution < -0.4 is 10.6 Å². The number of carbonyl (C=O) groups is 4. The van der Waals surface area contributed by atoms with Crippen LogP contribution in [0.4, 0.5) is 0 Å². The number of phenols is 1. The Morgan fingerprint density at radius 3 is 2.36 bits per heavy atom. The molecule has 2 aromatic rings. The van der Waals surface area contributed by atoms with Gasteiger partial charge in [-0.15, -0.1) is 0 Å². The molecule has 10 nitrogen and oxygen atoms in total. The van der Waals surface area contributed by atoms with E-state index in [4.69, 9.17) is 0 Å². The van der Waals surface area contributed by atoms with E-state index in [9.17, 15) is 33.7 Å². The summed E-state index contributed by atoms with van der Waals surface area (Å²) in [6.07, 6.45) is 7.80. The van der Waals surface area contributed by atoms with Crippen molar-refractivity contribution in [3.63, 3.8) is 0 Å². The predicted octanol–water partition coefficient (Wildman–Crippen LogP) is 5.92. The quantitative estimate of drug-likeness (QED) is 0.198. The largest absolute Gasteiger partial charge is 0.506 e. The van der Waals surface area contributed by atoms with E-state index in [0.717, 1.165) is 49.8 Å². The summed E-state index contributed by atoms with van der Waals surface area (Å²) in [5.74, 6) is -3.23. The van der Waals surface area contributed by atoms with Gasteiger partial charge in [0.1, 0.15) is 18.1 Å². The van der Waals surface area contributed by atoms with Crippen LogP contribution in [-0.4, -0.2) is 63.6 Å². The van der Waals surface area contributed by atoms with E-state index < -0.39 is 49.5 Å². The Balaban J connectivity index is 1.51. The van der Waals surface area contributed by atoms with Gasteiger partial charge in [0, 0.05) is 35.0 Å². The first-order valence-corrected chi connectivity index (χ1v) is 18.4. The molecular weight excluding hydrogens is 649 g/mol. The molecule has 4 amide bonds. The van der Waals surface area contributed by atoms with Crippen LogP contribution in [0.1, 0.15) is 98.8 Å². The van der Waals surface area contributed by atoms with Crippen molar-refractivity contribution in [3.05, 3.63) is 39.9 Å². The number of hydrogen-bond donors (Lipinski definition) is 4. The average molecular weight is 693 g/mol. The van der Waals surface area contributed by atoms with Gasteiger partial charge in [-0.1, -0.05) is 70.9 Å². The predicted molar refractivity (Wildman–Crippen MR) is 173 cm³/mol. The molecule has 3 atom stereocenters. The number of aromatic hydroxyl groups is 1. The van der Waals surface area contributed by atoms with Gasteiger partial charge in [0.25, 0.3) is 11.8 Å². The highest BCUT2D eigenvalue weighted by Crippen LogP contribution is 2.47. The fourth-order valence-electron chi connectivity index (χ4n) is 6.18. The maximum Gasteiger partial charge on any atom is 0.261 e. The minimum Gasteiger partial charge on any atom is -0.506 e. The first-order chi connectivity index (χ1) is 20.9. The van der Waals surface area contributed by atoms with E-state index in [1.165, 1.54) is 18.6 Å². The third-order valence-corrected chi connectivity index (χ3v) is 10.7. The number of nitrogens with zero attached hydrogens (tertiary/aromatic N) is 1. The smallest absolute Gasteiger partial charge is 0.261 e. The van der Waals surface area contributed by atoms with Crippen molar-refractivity contribution >= 4 is 57.7 Å². The molecule has 0 aliphatic carbocycles. The van der Waals surface area contributed by atoms with Crippen LogP contribution >= 0.6 is 23.3 Å². The molecule has 0 spiro atoms. The molecule has 1 fully saturated rings. The zero-order valence-corrected chi connectivity index (χ0v) is 27.9. The van der Waals surface area contributed by atoms with Gasteiger partial charge in [-0.05, 0) is 53.2 Å². The van der Waals surface area contributed by atoms with E-state index >= 15 is 0 Å². The van der Waals surface area contributed by atoms with E-state index in [1.54, 1.807) is 12.1 Å². The molecule has 0 bridgehead atoms. The molecule has 3 unspecified atom stereocenters. The first-order valence-electron chi connectivity index (χ1n) is 15.6. The lowest BCUT2D eigenvalue weighted by atomic mass is 9.94. The van der Waals surface area contributed by atoms with E-state index in [2.05, 4.69) is 26.6 Å². The lowest BCUT2D eigenvalue weighted by Crippen LogP contribution is -2.49. The third kappa shape index (κ3) is 8.29.